The summed E-state index contributed by atoms with van der Waals surface area (Å²) >= 11 is 0. The fourth-order valence-electron chi connectivity index (χ4n) is 1.44. The molecule has 0 aliphatic rings. The second-order valence-electron chi connectivity index (χ2n) is 4.88. The Balaban J connectivity index is 3.54. The number of hydrogen-bond donors (Lipinski definition) is 0. The molecule has 0 rings (SSSR count). The normalized spacial score (nSPS) is 10.2. The van der Waals surface area contributed by atoms with Gasteiger partial charge in [0.15, 0.2) is 12.2 Å². The highest BCUT2D eigenvalue weighted by atomic mass is 16.6. The van der Waals surface area contributed by atoms with Crippen LogP contribution in [0.2, 0.25) is 0 Å². The molecule has 0 aromatic rings. The zero-order valence-corrected chi connectivity index (χ0v) is 12.1. The fourth-order valence-corrected chi connectivity index (χ4v) is 1.44. The van der Waals surface area contributed by atoms with Crippen molar-refractivity contribution in [2.45, 2.75) is 58.0 Å². The van der Waals surface area contributed by atoms with E-state index in [-0.39, 0.29) is 25.0 Å². The van der Waals surface area contributed by atoms with Gasteiger partial charge in [0.2, 0.25) is 0 Å². The summed E-state index contributed by atoms with van der Waals surface area (Å²) in [5.41, 5.74) is -1.07. The average Bonchev–Trinajstić information content (AvgIpc) is 2.39. The average molecular weight is 279 g/mol. The summed E-state index contributed by atoms with van der Waals surface area (Å²) in [5, 5.41) is 8.71. The Morgan fingerprint density at radius 3 is 2.15 bits per heavy atom. The molecule has 0 aromatic carbocycles. The maximum atomic E-state index is 11.4. The van der Waals surface area contributed by atoms with E-state index in [1.165, 1.54) is 0 Å². The molecule has 0 aromatic heterocycles. The summed E-state index contributed by atoms with van der Waals surface area (Å²) in [5.74, 6) is 1.56. The highest BCUT2D eigenvalue weighted by Gasteiger charge is 2.21. The van der Waals surface area contributed by atoms with Crippen LogP contribution in [-0.4, -0.2) is 24.1 Å². The van der Waals surface area contributed by atoms with Gasteiger partial charge in [-0.25, -0.2) is 0 Å². The van der Waals surface area contributed by atoms with Crippen LogP contribution in [-0.2, 0) is 19.1 Å². The monoisotopic (exact) mass is 279 g/mol. The molecule has 0 amide bonds. The van der Waals surface area contributed by atoms with Gasteiger partial charge in [0, 0.05) is 12.8 Å². The van der Waals surface area contributed by atoms with Crippen molar-refractivity contribution >= 4 is 11.9 Å². The van der Waals surface area contributed by atoms with Gasteiger partial charge in [-0.15, -0.1) is 6.42 Å². The smallest absolute Gasteiger partial charge is 0.307 e. The molecule has 0 heterocycles. The van der Waals surface area contributed by atoms with E-state index < -0.39 is 5.60 Å². The lowest BCUT2D eigenvalue weighted by molar-refractivity contribution is -0.152. The number of rotatable bonds is 9. The van der Waals surface area contributed by atoms with Crippen molar-refractivity contribution in [1.29, 1.82) is 5.26 Å². The number of unbranched alkanes of at least 4 members (excludes halogenated alkanes) is 3. The highest BCUT2D eigenvalue weighted by Crippen LogP contribution is 2.11. The van der Waals surface area contributed by atoms with E-state index in [9.17, 15) is 9.59 Å². The van der Waals surface area contributed by atoms with Crippen molar-refractivity contribution in [2.24, 2.45) is 0 Å². The second kappa shape index (κ2) is 9.86. The zero-order valence-electron chi connectivity index (χ0n) is 12.1. The highest BCUT2D eigenvalue weighted by molar-refractivity contribution is 5.70. The van der Waals surface area contributed by atoms with Gasteiger partial charge in [0.1, 0.15) is 6.07 Å². The second-order valence-corrected chi connectivity index (χ2v) is 4.88. The van der Waals surface area contributed by atoms with Crippen LogP contribution in [0.15, 0.2) is 0 Å². The quantitative estimate of drug-likeness (QED) is 0.368. The molecule has 0 aliphatic heterocycles. The van der Waals surface area contributed by atoms with Crippen molar-refractivity contribution < 1.29 is 19.1 Å². The summed E-state index contributed by atoms with van der Waals surface area (Å²) in [4.78, 5) is 22.5. The van der Waals surface area contributed by atoms with E-state index in [0.717, 1.165) is 12.8 Å². The third-order valence-corrected chi connectivity index (χ3v) is 2.47. The Hall–Kier alpha value is -2.01. The molecular weight excluding hydrogens is 258 g/mol. The van der Waals surface area contributed by atoms with Crippen LogP contribution >= 0.6 is 0 Å². The SMILES string of the molecule is C#CCOC(=O)CCCCCCC(=O)OC(C)(C)C#N. The van der Waals surface area contributed by atoms with E-state index >= 15 is 0 Å². The maximum Gasteiger partial charge on any atom is 0.307 e. The van der Waals surface area contributed by atoms with Gasteiger partial charge in [-0.2, -0.15) is 5.26 Å². The number of terminal acetylenes is 1. The molecule has 0 aliphatic carbocycles. The van der Waals surface area contributed by atoms with Gasteiger partial charge in [-0.1, -0.05) is 18.8 Å². The summed E-state index contributed by atoms with van der Waals surface area (Å²) in [6.07, 6.45) is 8.64. The number of hydrogen-bond acceptors (Lipinski definition) is 5. The number of esters is 2. The molecule has 0 N–H and O–H groups in total. The minimum Gasteiger partial charge on any atom is -0.452 e. The molecule has 5 nitrogen and oxygen atoms in total. The fraction of sp³-hybridized carbons (Fsp3) is 0.667. The first-order valence-corrected chi connectivity index (χ1v) is 6.63. The van der Waals surface area contributed by atoms with Crippen LogP contribution in [0.4, 0.5) is 0 Å². The molecule has 0 saturated carbocycles. The first-order chi connectivity index (χ1) is 9.41. The van der Waals surface area contributed by atoms with Gasteiger partial charge >= 0.3 is 11.9 Å². The molecular formula is C15H21NO4. The largest absolute Gasteiger partial charge is 0.452 e. The van der Waals surface area contributed by atoms with E-state index in [1.54, 1.807) is 13.8 Å². The van der Waals surface area contributed by atoms with Crippen LogP contribution in [0.5, 0.6) is 0 Å². The molecule has 0 unspecified atom stereocenters. The Kier molecular flexibility index (Phi) is 8.87. The molecule has 0 atom stereocenters. The van der Waals surface area contributed by atoms with E-state index in [1.807, 2.05) is 6.07 Å². The Labute approximate surface area is 120 Å². The molecule has 0 bridgehead atoms. The van der Waals surface area contributed by atoms with Crippen molar-refractivity contribution in [3.8, 4) is 18.4 Å². The van der Waals surface area contributed by atoms with Crippen LogP contribution in [0, 0.1) is 23.7 Å². The lowest BCUT2D eigenvalue weighted by Gasteiger charge is -2.16. The molecule has 0 radical (unpaired) electrons. The van der Waals surface area contributed by atoms with Crippen molar-refractivity contribution in [3.05, 3.63) is 0 Å². The molecule has 0 saturated heterocycles. The van der Waals surface area contributed by atoms with Gasteiger partial charge in [0.25, 0.3) is 0 Å². The van der Waals surface area contributed by atoms with Crippen LogP contribution in [0.1, 0.15) is 52.4 Å². The van der Waals surface area contributed by atoms with Gasteiger partial charge < -0.3 is 9.47 Å². The Morgan fingerprint density at radius 2 is 1.65 bits per heavy atom. The van der Waals surface area contributed by atoms with Gasteiger partial charge in [-0.3, -0.25) is 9.59 Å². The summed E-state index contributed by atoms with van der Waals surface area (Å²) in [6.45, 7) is 3.11. The van der Waals surface area contributed by atoms with Crippen molar-refractivity contribution in [3.63, 3.8) is 0 Å². The summed E-state index contributed by atoms with van der Waals surface area (Å²) in [7, 11) is 0. The van der Waals surface area contributed by atoms with Crippen molar-refractivity contribution in [2.75, 3.05) is 6.61 Å². The molecule has 20 heavy (non-hydrogen) atoms. The lowest BCUT2D eigenvalue weighted by atomic mass is 10.1. The molecule has 0 spiro atoms. The van der Waals surface area contributed by atoms with Crippen LogP contribution in [0.3, 0.4) is 0 Å². The van der Waals surface area contributed by atoms with E-state index in [0.29, 0.717) is 19.3 Å². The number of ether oxygens (including phenoxy) is 2. The third kappa shape index (κ3) is 9.96. The van der Waals surface area contributed by atoms with E-state index in [4.69, 9.17) is 21.2 Å². The lowest BCUT2D eigenvalue weighted by Crippen LogP contribution is -2.25. The standard InChI is InChI=1S/C15H21NO4/c1-4-11-19-13(17)9-7-5-6-8-10-14(18)20-15(2,3)12-16/h1H,5-11H2,2-3H3. The van der Waals surface area contributed by atoms with Crippen molar-refractivity contribution in [1.82, 2.24) is 0 Å². The minimum absolute atomic E-state index is 0.0132. The topological polar surface area (TPSA) is 76.4 Å². The minimum atomic E-state index is -1.07. The number of carbonyl (C=O) groups is 2. The summed E-state index contributed by atoms with van der Waals surface area (Å²) < 4.78 is 9.71. The zero-order chi connectivity index (χ0) is 15.4. The summed E-state index contributed by atoms with van der Waals surface area (Å²) in [6, 6.07) is 1.90. The van der Waals surface area contributed by atoms with Crippen LogP contribution in [0.25, 0.3) is 0 Å². The first kappa shape index (κ1) is 18.0. The van der Waals surface area contributed by atoms with Gasteiger partial charge in [0.05, 0.1) is 0 Å². The third-order valence-electron chi connectivity index (χ3n) is 2.47. The Morgan fingerprint density at radius 1 is 1.10 bits per heavy atom. The number of carbonyl (C=O) groups excluding carboxylic acids is 2. The van der Waals surface area contributed by atoms with Crippen LogP contribution < -0.4 is 0 Å². The maximum absolute atomic E-state index is 11.4. The molecule has 110 valence electrons. The number of nitriles is 1. The van der Waals surface area contributed by atoms with E-state index in [2.05, 4.69) is 5.92 Å². The molecule has 5 heteroatoms. The predicted molar refractivity (Wildman–Crippen MR) is 73.3 cm³/mol. The molecule has 0 fully saturated rings. The van der Waals surface area contributed by atoms with Gasteiger partial charge in [-0.05, 0) is 26.7 Å². The first-order valence-electron chi connectivity index (χ1n) is 6.63. The predicted octanol–water partition coefficient (Wildman–Crippen LogP) is 2.35. The Bertz CT molecular complexity index is 401. The number of nitrogens with zero attached hydrogens (tertiary/aromatic N) is 1.